The number of likely N-dealkylation sites (tertiary alicyclic amines) is 2. The summed E-state index contributed by atoms with van der Waals surface area (Å²) in [7, 11) is -3.29. The van der Waals surface area contributed by atoms with E-state index < -0.39 is 9.84 Å². The Morgan fingerprint density at radius 2 is 1.71 bits per heavy atom. The maximum absolute atomic E-state index is 13.1. The summed E-state index contributed by atoms with van der Waals surface area (Å²) in [5.41, 5.74) is 0.653. The van der Waals surface area contributed by atoms with Crippen molar-refractivity contribution in [2.75, 3.05) is 32.4 Å². The van der Waals surface area contributed by atoms with Crippen LogP contribution in [0.2, 0.25) is 0 Å². The molecule has 6 nitrogen and oxygen atoms in total. The van der Waals surface area contributed by atoms with Crippen molar-refractivity contribution in [3.63, 3.8) is 0 Å². The molecule has 0 aromatic heterocycles. The monoisotopic (exact) mass is 464 g/mol. The fourth-order valence-corrected chi connectivity index (χ4v) is 4.95. The molecule has 0 bridgehead atoms. The molecule has 2 fully saturated rings. The van der Waals surface area contributed by atoms with Crippen LogP contribution in [0.3, 0.4) is 0 Å². The Balaban J connectivity index is 0.00000272. The fourth-order valence-electron chi connectivity index (χ4n) is 4.29. The first-order chi connectivity index (χ1) is 14.4. The summed E-state index contributed by atoms with van der Waals surface area (Å²) in [5.74, 6) is 1.08. The molecule has 168 valence electrons. The summed E-state index contributed by atoms with van der Waals surface area (Å²) >= 11 is 0. The molecule has 2 saturated heterocycles. The number of halogens is 1. The first-order valence-electron chi connectivity index (χ1n) is 10.5. The van der Waals surface area contributed by atoms with Crippen molar-refractivity contribution in [1.82, 2.24) is 9.80 Å². The standard InChI is InChI=1S/C23H28N2O4S.ClH/c1-30(27,28)22-8-4-7-21(16-22)29-20-11-9-18(10-12-20)23(26)25-15-5-6-19(25)17-24-13-2-3-14-24;/h4,7-12,16,19H,2-3,5-6,13-15,17H2,1H3;1H/t19-;/m0./s1. The number of hydrogen-bond donors (Lipinski definition) is 0. The van der Waals surface area contributed by atoms with Crippen LogP contribution in [0.4, 0.5) is 0 Å². The van der Waals surface area contributed by atoms with Crippen molar-refractivity contribution in [2.24, 2.45) is 0 Å². The molecule has 2 aromatic carbocycles. The van der Waals surface area contributed by atoms with E-state index in [-0.39, 0.29) is 23.2 Å². The van der Waals surface area contributed by atoms with Gasteiger partial charge in [0.15, 0.2) is 9.84 Å². The molecule has 0 spiro atoms. The van der Waals surface area contributed by atoms with Crippen LogP contribution in [-0.2, 0) is 9.84 Å². The van der Waals surface area contributed by atoms with Crippen LogP contribution in [0.1, 0.15) is 36.0 Å². The third-order valence-corrected chi connectivity index (χ3v) is 6.99. The first-order valence-corrected chi connectivity index (χ1v) is 12.4. The summed E-state index contributed by atoms with van der Waals surface area (Å²) in [6.07, 6.45) is 5.81. The van der Waals surface area contributed by atoms with Crippen LogP contribution in [0.15, 0.2) is 53.4 Å². The Morgan fingerprint density at radius 1 is 1.00 bits per heavy atom. The van der Waals surface area contributed by atoms with Gasteiger partial charge in [0.2, 0.25) is 0 Å². The van der Waals surface area contributed by atoms with E-state index in [4.69, 9.17) is 4.74 Å². The summed E-state index contributed by atoms with van der Waals surface area (Å²) in [6.45, 7) is 4.08. The Kier molecular flexibility index (Phi) is 7.62. The van der Waals surface area contributed by atoms with Crippen LogP contribution in [0, 0.1) is 0 Å². The van der Waals surface area contributed by atoms with E-state index in [1.807, 2.05) is 4.90 Å². The molecule has 0 radical (unpaired) electrons. The summed E-state index contributed by atoms with van der Waals surface area (Å²) in [4.78, 5) is 17.8. The number of nitrogens with zero attached hydrogens (tertiary/aromatic N) is 2. The highest BCUT2D eigenvalue weighted by atomic mass is 35.5. The van der Waals surface area contributed by atoms with Crippen molar-refractivity contribution in [1.29, 1.82) is 0 Å². The smallest absolute Gasteiger partial charge is 0.254 e. The normalized spacial score (nSPS) is 19.3. The highest BCUT2D eigenvalue weighted by Crippen LogP contribution is 2.26. The fraction of sp³-hybridized carbons (Fsp3) is 0.435. The summed E-state index contributed by atoms with van der Waals surface area (Å²) < 4.78 is 29.2. The number of hydrogen-bond acceptors (Lipinski definition) is 5. The Labute approximate surface area is 190 Å². The van der Waals surface area contributed by atoms with E-state index in [2.05, 4.69) is 4.90 Å². The second kappa shape index (κ2) is 10.0. The highest BCUT2D eigenvalue weighted by molar-refractivity contribution is 7.90. The summed E-state index contributed by atoms with van der Waals surface area (Å²) in [6, 6.07) is 13.8. The Hall–Kier alpha value is -2.09. The van der Waals surface area contributed by atoms with Gasteiger partial charge in [-0.15, -0.1) is 12.4 Å². The van der Waals surface area contributed by atoms with E-state index in [0.29, 0.717) is 23.1 Å². The molecule has 2 aliphatic heterocycles. The minimum absolute atomic E-state index is 0. The molecule has 2 heterocycles. The minimum atomic E-state index is -3.29. The number of rotatable bonds is 6. The summed E-state index contributed by atoms with van der Waals surface area (Å²) in [5, 5.41) is 0. The maximum Gasteiger partial charge on any atom is 0.254 e. The van der Waals surface area contributed by atoms with Crippen molar-refractivity contribution in [2.45, 2.75) is 36.6 Å². The van der Waals surface area contributed by atoms with Crippen molar-refractivity contribution in [3.8, 4) is 11.5 Å². The Morgan fingerprint density at radius 3 is 2.39 bits per heavy atom. The molecular weight excluding hydrogens is 436 g/mol. The molecule has 1 amide bonds. The van der Waals surface area contributed by atoms with Crippen LogP contribution >= 0.6 is 12.4 Å². The van der Waals surface area contributed by atoms with Crippen molar-refractivity contribution >= 4 is 28.2 Å². The second-order valence-corrected chi connectivity index (χ2v) is 10.2. The van der Waals surface area contributed by atoms with Gasteiger partial charge in [0.05, 0.1) is 4.90 Å². The van der Waals surface area contributed by atoms with Crippen molar-refractivity contribution < 1.29 is 17.9 Å². The lowest BCUT2D eigenvalue weighted by atomic mass is 10.1. The lowest BCUT2D eigenvalue weighted by Crippen LogP contribution is -2.42. The van der Waals surface area contributed by atoms with E-state index in [1.54, 1.807) is 42.5 Å². The number of sulfone groups is 1. The average molecular weight is 465 g/mol. The van der Waals surface area contributed by atoms with E-state index in [1.165, 1.54) is 25.2 Å². The zero-order chi connectivity index (χ0) is 21.1. The second-order valence-electron chi connectivity index (χ2n) is 8.18. The number of benzene rings is 2. The molecule has 0 aliphatic carbocycles. The minimum Gasteiger partial charge on any atom is -0.457 e. The number of amides is 1. The SMILES string of the molecule is CS(=O)(=O)c1cccc(Oc2ccc(C(=O)N3CCC[C@H]3CN3CCCC3)cc2)c1.Cl. The molecule has 0 saturated carbocycles. The maximum atomic E-state index is 13.1. The van der Waals surface area contributed by atoms with Gasteiger partial charge in [0, 0.05) is 31.0 Å². The molecule has 4 rings (SSSR count). The lowest BCUT2D eigenvalue weighted by Gasteiger charge is -2.28. The molecule has 1 atom stereocenters. The van der Waals surface area contributed by atoms with Gasteiger partial charge in [-0.2, -0.15) is 0 Å². The van der Waals surface area contributed by atoms with E-state index in [9.17, 15) is 13.2 Å². The number of ether oxygens (including phenoxy) is 1. The third kappa shape index (κ3) is 5.79. The molecular formula is C23H29ClN2O4S. The van der Waals surface area contributed by atoms with Crippen LogP contribution < -0.4 is 4.74 Å². The van der Waals surface area contributed by atoms with Crippen molar-refractivity contribution in [3.05, 3.63) is 54.1 Å². The van der Waals surface area contributed by atoms with Crippen LogP contribution in [0.25, 0.3) is 0 Å². The highest BCUT2D eigenvalue weighted by Gasteiger charge is 2.31. The zero-order valence-corrected chi connectivity index (χ0v) is 19.3. The topological polar surface area (TPSA) is 66.9 Å². The van der Waals surface area contributed by atoms with Crippen LogP contribution in [0.5, 0.6) is 11.5 Å². The lowest BCUT2D eigenvalue weighted by molar-refractivity contribution is 0.0708. The van der Waals surface area contributed by atoms with Gasteiger partial charge < -0.3 is 14.5 Å². The zero-order valence-electron chi connectivity index (χ0n) is 17.7. The average Bonchev–Trinajstić information content (AvgIpc) is 3.40. The molecule has 0 unspecified atom stereocenters. The molecule has 2 aromatic rings. The predicted molar refractivity (Wildman–Crippen MR) is 123 cm³/mol. The molecule has 2 aliphatic rings. The van der Waals surface area contributed by atoms with Gasteiger partial charge in [-0.1, -0.05) is 6.07 Å². The van der Waals surface area contributed by atoms with Gasteiger partial charge in [-0.3, -0.25) is 4.79 Å². The van der Waals surface area contributed by atoms with E-state index in [0.717, 1.165) is 39.0 Å². The first kappa shape index (κ1) is 23.6. The molecule has 31 heavy (non-hydrogen) atoms. The van der Waals surface area contributed by atoms with Gasteiger partial charge in [-0.25, -0.2) is 8.42 Å². The number of carbonyl (C=O) groups is 1. The third-order valence-electron chi connectivity index (χ3n) is 5.88. The van der Waals surface area contributed by atoms with Gasteiger partial charge >= 0.3 is 0 Å². The number of carbonyl (C=O) groups excluding carboxylic acids is 1. The van der Waals surface area contributed by atoms with Gasteiger partial charge in [0.25, 0.3) is 5.91 Å². The Bertz CT molecular complexity index is 1000. The quantitative estimate of drug-likeness (QED) is 0.646. The molecule has 0 N–H and O–H groups in total. The van der Waals surface area contributed by atoms with Crippen LogP contribution in [-0.4, -0.2) is 62.6 Å². The van der Waals surface area contributed by atoms with E-state index >= 15 is 0 Å². The van der Waals surface area contributed by atoms with Gasteiger partial charge in [0.1, 0.15) is 11.5 Å². The van der Waals surface area contributed by atoms with Gasteiger partial charge in [-0.05, 0) is 81.2 Å². The largest absolute Gasteiger partial charge is 0.457 e. The molecule has 8 heteroatoms. The predicted octanol–water partition coefficient (Wildman–Crippen LogP) is 4.00.